The molecule has 0 spiro atoms. The fourth-order valence-corrected chi connectivity index (χ4v) is 2.76. The van der Waals surface area contributed by atoms with Crippen molar-refractivity contribution in [3.8, 4) is 0 Å². The number of hydrogen-bond acceptors (Lipinski definition) is 1. The van der Waals surface area contributed by atoms with Crippen LogP contribution in [0.15, 0.2) is 42.5 Å². The molecular formula is C17H20ClN. The van der Waals surface area contributed by atoms with E-state index in [2.05, 4.69) is 50.2 Å². The van der Waals surface area contributed by atoms with Crippen LogP contribution in [0.3, 0.4) is 0 Å². The monoisotopic (exact) mass is 273 g/mol. The number of aryl methyl sites for hydroxylation is 2. The van der Waals surface area contributed by atoms with Gasteiger partial charge in [0.15, 0.2) is 0 Å². The maximum absolute atomic E-state index is 6.32. The molecule has 0 bridgehead atoms. The highest BCUT2D eigenvalue weighted by atomic mass is 35.5. The lowest BCUT2D eigenvalue weighted by Gasteiger charge is -2.18. The maximum Gasteiger partial charge on any atom is 0.0440 e. The summed E-state index contributed by atoms with van der Waals surface area (Å²) in [5, 5.41) is 0.840. The van der Waals surface area contributed by atoms with Crippen molar-refractivity contribution in [1.29, 1.82) is 0 Å². The van der Waals surface area contributed by atoms with Gasteiger partial charge in [-0.3, -0.25) is 0 Å². The molecule has 2 rings (SSSR count). The van der Waals surface area contributed by atoms with Crippen molar-refractivity contribution >= 4 is 11.6 Å². The molecule has 0 amide bonds. The SMILES string of the molecule is Cc1ccc(CC(CN)c2ccccc2C)c(Cl)c1. The lowest BCUT2D eigenvalue weighted by Crippen LogP contribution is -2.16. The minimum Gasteiger partial charge on any atom is -0.330 e. The summed E-state index contributed by atoms with van der Waals surface area (Å²) in [5.74, 6) is 0.321. The van der Waals surface area contributed by atoms with E-state index in [1.807, 2.05) is 6.07 Å². The van der Waals surface area contributed by atoms with Crippen LogP contribution in [-0.4, -0.2) is 6.54 Å². The molecule has 0 aliphatic carbocycles. The van der Waals surface area contributed by atoms with Crippen LogP contribution in [0.5, 0.6) is 0 Å². The third-order valence-electron chi connectivity index (χ3n) is 3.59. The summed E-state index contributed by atoms with van der Waals surface area (Å²) in [6.07, 6.45) is 0.889. The molecule has 0 saturated carbocycles. The molecule has 0 heterocycles. The molecule has 1 nitrogen and oxygen atoms in total. The van der Waals surface area contributed by atoms with Crippen LogP contribution in [0, 0.1) is 13.8 Å². The highest BCUT2D eigenvalue weighted by Crippen LogP contribution is 2.27. The molecule has 100 valence electrons. The van der Waals surface area contributed by atoms with E-state index in [1.54, 1.807) is 0 Å². The van der Waals surface area contributed by atoms with Gasteiger partial charge in [-0.1, -0.05) is 48.0 Å². The fraction of sp³-hybridized carbons (Fsp3) is 0.294. The van der Waals surface area contributed by atoms with Crippen molar-refractivity contribution in [3.05, 3.63) is 69.7 Å². The Morgan fingerprint density at radius 3 is 2.47 bits per heavy atom. The molecule has 2 aromatic carbocycles. The van der Waals surface area contributed by atoms with Gasteiger partial charge >= 0.3 is 0 Å². The first kappa shape index (κ1) is 14.1. The molecule has 2 heteroatoms. The first-order valence-electron chi connectivity index (χ1n) is 6.62. The lowest BCUT2D eigenvalue weighted by molar-refractivity contribution is 0.690. The third kappa shape index (κ3) is 3.37. The van der Waals surface area contributed by atoms with Crippen molar-refractivity contribution in [2.24, 2.45) is 5.73 Å². The van der Waals surface area contributed by atoms with Gasteiger partial charge in [0.2, 0.25) is 0 Å². The number of halogens is 1. The molecule has 0 aliphatic rings. The largest absolute Gasteiger partial charge is 0.330 e. The predicted octanol–water partition coefficient (Wildman–Crippen LogP) is 4.24. The average Bonchev–Trinajstić information content (AvgIpc) is 2.39. The second-order valence-corrected chi connectivity index (χ2v) is 5.50. The molecule has 2 aromatic rings. The zero-order valence-electron chi connectivity index (χ0n) is 11.5. The van der Waals surface area contributed by atoms with Gasteiger partial charge in [-0.05, 0) is 55.1 Å². The van der Waals surface area contributed by atoms with Crippen LogP contribution in [0.25, 0.3) is 0 Å². The van der Waals surface area contributed by atoms with Gasteiger partial charge in [0, 0.05) is 10.9 Å². The predicted molar refractivity (Wildman–Crippen MR) is 82.9 cm³/mol. The van der Waals surface area contributed by atoms with Gasteiger partial charge in [-0.2, -0.15) is 0 Å². The summed E-state index contributed by atoms with van der Waals surface area (Å²) < 4.78 is 0. The summed E-state index contributed by atoms with van der Waals surface area (Å²) in [6, 6.07) is 14.7. The summed E-state index contributed by atoms with van der Waals surface area (Å²) in [6.45, 7) is 4.82. The average molecular weight is 274 g/mol. The Morgan fingerprint density at radius 1 is 1.11 bits per heavy atom. The van der Waals surface area contributed by atoms with Crippen LogP contribution >= 0.6 is 11.6 Å². The zero-order chi connectivity index (χ0) is 13.8. The first-order valence-corrected chi connectivity index (χ1v) is 7.00. The Balaban J connectivity index is 2.27. The van der Waals surface area contributed by atoms with Gasteiger partial charge < -0.3 is 5.73 Å². The van der Waals surface area contributed by atoms with Gasteiger partial charge in [-0.15, -0.1) is 0 Å². The van der Waals surface area contributed by atoms with Crippen molar-refractivity contribution in [2.75, 3.05) is 6.54 Å². The number of nitrogens with two attached hydrogens (primary N) is 1. The van der Waals surface area contributed by atoms with Crippen LogP contribution in [0.2, 0.25) is 5.02 Å². The van der Waals surface area contributed by atoms with Crippen LogP contribution in [0.1, 0.15) is 28.2 Å². The molecule has 1 unspecified atom stereocenters. The van der Waals surface area contributed by atoms with E-state index in [-0.39, 0.29) is 0 Å². The molecule has 19 heavy (non-hydrogen) atoms. The smallest absolute Gasteiger partial charge is 0.0440 e. The molecule has 0 fully saturated rings. The van der Waals surface area contributed by atoms with E-state index < -0.39 is 0 Å². The lowest BCUT2D eigenvalue weighted by atomic mass is 9.89. The van der Waals surface area contributed by atoms with E-state index >= 15 is 0 Å². The normalized spacial score (nSPS) is 12.4. The second kappa shape index (κ2) is 6.23. The van der Waals surface area contributed by atoms with E-state index in [9.17, 15) is 0 Å². The zero-order valence-corrected chi connectivity index (χ0v) is 12.2. The van der Waals surface area contributed by atoms with Crippen LogP contribution in [-0.2, 0) is 6.42 Å². The minimum absolute atomic E-state index is 0.321. The minimum atomic E-state index is 0.321. The van der Waals surface area contributed by atoms with Gasteiger partial charge in [0.05, 0.1) is 0 Å². The van der Waals surface area contributed by atoms with Crippen molar-refractivity contribution in [3.63, 3.8) is 0 Å². The van der Waals surface area contributed by atoms with Gasteiger partial charge in [-0.25, -0.2) is 0 Å². The molecule has 2 N–H and O–H groups in total. The standard InChI is InChI=1S/C17H20ClN/c1-12-7-8-14(17(18)9-12)10-15(11-19)16-6-4-3-5-13(16)2/h3-9,15H,10-11,19H2,1-2H3. The quantitative estimate of drug-likeness (QED) is 0.886. The maximum atomic E-state index is 6.32. The topological polar surface area (TPSA) is 26.0 Å². The Hall–Kier alpha value is -1.31. The summed E-state index contributed by atoms with van der Waals surface area (Å²) in [4.78, 5) is 0. The van der Waals surface area contributed by atoms with E-state index in [0.717, 1.165) is 11.4 Å². The summed E-state index contributed by atoms with van der Waals surface area (Å²) in [5.41, 5.74) is 10.9. The Morgan fingerprint density at radius 2 is 1.84 bits per heavy atom. The fourth-order valence-electron chi connectivity index (χ4n) is 2.45. The highest BCUT2D eigenvalue weighted by molar-refractivity contribution is 6.31. The van der Waals surface area contributed by atoms with Gasteiger partial charge in [0.1, 0.15) is 0 Å². The number of hydrogen-bond donors (Lipinski definition) is 1. The molecular weight excluding hydrogens is 254 g/mol. The number of rotatable bonds is 4. The third-order valence-corrected chi connectivity index (χ3v) is 3.94. The Labute approximate surface area is 120 Å². The van der Waals surface area contributed by atoms with E-state index in [1.165, 1.54) is 22.3 Å². The van der Waals surface area contributed by atoms with Crippen molar-refractivity contribution < 1.29 is 0 Å². The molecule has 0 aromatic heterocycles. The van der Waals surface area contributed by atoms with E-state index in [0.29, 0.717) is 12.5 Å². The van der Waals surface area contributed by atoms with Gasteiger partial charge in [0.25, 0.3) is 0 Å². The van der Waals surface area contributed by atoms with E-state index in [4.69, 9.17) is 17.3 Å². The first-order chi connectivity index (χ1) is 9.11. The van der Waals surface area contributed by atoms with Crippen LogP contribution in [0.4, 0.5) is 0 Å². The second-order valence-electron chi connectivity index (χ2n) is 5.09. The highest BCUT2D eigenvalue weighted by Gasteiger charge is 2.14. The molecule has 1 atom stereocenters. The summed E-state index contributed by atoms with van der Waals surface area (Å²) >= 11 is 6.32. The Bertz CT molecular complexity index is 563. The molecule has 0 radical (unpaired) electrons. The molecule has 0 saturated heterocycles. The van der Waals surface area contributed by atoms with Crippen molar-refractivity contribution in [2.45, 2.75) is 26.2 Å². The van der Waals surface area contributed by atoms with Crippen molar-refractivity contribution in [1.82, 2.24) is 0 Å². The van der Waals surface area contributed by atoms with Crippen LogP contribution < -0.4 is 5.73 Å². The molecule has 0 aliphatic heterocycles. The number of benzene rings is 2. The Kier molecular flexibility index (Phi) is 4.62. The summed E-state index contributed by atoms with van der Waals surface area (Å²) in [7, 11) is 0.